The molecule has 0 amide bonds. The SMILES string of the molecule is Clc1nc(NCCCc2ncn[nH]2)nc(-n2cccn2)n1. The van der Waals surface area contributed by atoms with E-state index in [4.69, 9.17) is 11.6 Å². The summed E-state index contributed by atoms with van der Waals surface area (Å²) in [5.74, 6) is 1.64. The molecule has 3 aromatic heterocycles. The van der Waals surface area contributed by atoms with Gasteiger partial charge in [-0.3, -0.25) is 5.10 Å². The molecule has 0 aliphatic carbocycles. The standard InChI is InChI=1S/C11H12ClN9/c12-9-17-10(13-4-1-3-8-14-7-15-20-8)19-11(18-9)21-6-2-5-16-21/h2,5-7H,1,3-4H2,(H,14,15,20)(H,13,17,18,19). The number of anilines is 1. The van der Waals surface area contributed by atoms with E-state index < -0.39 is 0 Å². The molecule has 0 spiro atoms. The van der Waals surface area contributed by atoms with Crippen molar-refractivity contribution in [2.75, 3.05) is 11.9 Å². The second-order valence-electron chi connectivity index (χ2n) is 4.14. The molecule has 0 bridgehead atoms. The number of hydrogen-bond acceptors (Lipinski definition) is 7. The minimum absolute atomic E-state index is 0.119. The van der Waals surface area contributed by atoms with Gasteiger partial charge in [0.25, 0.3) is 5.95 Å². The highest BCUT2D eigenvalue weighted by Crippen LogP contribution is 2.09. The van der Waals surface area contributed by atoms with Crippen LogP contribution in [0.4, 0.5) is 5.95 Å². The Labute approximate surface area is 124 Å². The van der Waals surface area contributed by atoms with Gasteiger partial charge >= 0.3 is 0 Å². The van der Waals surface area contributed by atoms with Crippen LogP contribution in [0.25, 0.3) is 5.95 Å². The second kappa shape index (κ2) is 6.27. The van der Waals surface area contributed by atoms with Crippen molar-refractivity contribution in [3.8, 4) is 5.95 Å². The lowest BCUT2D eigenvalue weighted by atomic mass is 10.3. The molecule has 0 aliphatic rings. The molecular formula is C11H12ClN9. The van der Waals surface area contributed by atoms with Gasteiger partial charge in [0.05, 0.1) is 0 Å². The molecule has 0 fully saturated rings. The monoisotopic (exact) mass is 305 g/mol. The summed E-state index contributed by atoms with van der Waals surface area (Å²) in [5.41, 5.74) is 0. The third kappa shape index (κ3) is 3.51. The van der Waals surface area contributed by atoms with Crippen LogP contribution in [0.3, 0.4) is 0 Å². The fourth-order valence-electron chi connectivity index (χ4n) is 1.72. The van der Waals surface area contributed by atoms with E-state index in [2.05, 4.69) is 40.5 Å². The predicted molar refractivity (Wildman–Crippen MR) is 75.2 cm³/mol. The van der Waals surface area contributed by atoms with Gasteiger partial charge in [-0.15, -0.1) is 0 Å². The lowest BCUT2D eigenvalue weighted by molar-refractivity contribution is 0.779. The summed E-state index contributed by atoms with van der Waals surface area (Å²) >= 11 is 5.89. The van der Waals surface area contributed by atoms with Crippen molar-refractivity contribution in [2.45, 2.75) is 12.8 Å². The summed E-state index contributed by atoms with van der Waals surface area (Å²) in [6.45, 7) is 0.680. The molecule has 3 rings (SSSR count). The summed E-state index contributed by atoms with van der Waals surface area (Å²) in [5, 5.41) is 13.9. The molecule has 9 nitrogen and oxygen atoms in total. The fourth-order valence-corrected chi connectivity index (χ4v) is 1.87. The number of aromatic nitrogens is 8. The molecule has 108 valence electrons. The minimum Gasteiger partial charge on any atom is -0.354 e. The van der Waals surface area contributed by atoms with E-state index in [0.29, 0.717) is 18.4 Å². The van der Waals surface area contributed by atoms with Gasteiger partial charge in [-0.05, 0) is 24.1 Å². The molecule has 0 unspecified atom stereocenters. The molecule has 3 heterocycles. The first kappa shape index (κ1) is 13.4. The van der Waals surface area contributed by atoms with Crippen LogP contribution in [0.1, 0.15) is 12.2 Å². The molecule has 21 heavy (non-hydrogen) atoms. The maximum Gasteiger partial charge on any atom is 0.256 e. The molecule has 0 aromatic carbocycles. The number of hydrogen-bond donors (Lipinski definition) is 2. The molecule has 2 N–H and O–H groups in total. The number of aryl methyl sites for hydroxylation is 1. The van der Waals surface area contributed by atoms with Gasteiger partial charge in [0, 0.05) is 25.4 Å². The van der Waals surface area contributed by atoms with Crippen molar-refractivity contribution in [3.05, 3.63) is 35.9 Å². The van der Waals surface area contributed by atoms with Crippen LogP contribution in [-0.2, 0) is 6.42 Å². The van der Waals surface area contributed by atoms with E-state index in [1.165, 1.54) is 11.0 Å². The highest BCUT2D eigenvalue weighted by molar-refractivity contribution is 6.28. The van der Waals surface area contributed by atoms with Crippen LogP contribution in [0.15, 0.2) is 24.8 Å². The van der Waals surface area contributed by atoms with Crippen LogP contribution in [0.2, 0.25) is 5.28 Å². The average Bonchev–Trinajstić information content (AvgIpc) is 3.16. The first-order valence-corrected chi connectivity index (χ1v) is 6.69. The largest absolute Gasteiger partial charge is 0.354 e. The van der Waals surface area contributed by atoms with Crippen molar-refractivity contribution in [2.24, 2.45) is 0 Å². The quantitative estimate of drug-likeness (QED) is 0.650. The van der Waals surface area contributed by atoms with Crippen LogP contribution >= 0.6 is 11.6 Å². The summed E-state index contributed by atoms with van der Waals surface area (Å²) in [6, 6.07) is 1.78. The fraction of sp³-hybridized carbons (Fsp3) is 0.273. The Balaban J connectivity index is 1.60. The van der Waals surface area contributed by atoms with Gasteiger partial charge in [0.15, 0.2) is 0 Å². The Hall–Kier alpha value is -2.55. The van der Waals surface area contributed by atoms with Crippen LogP contribution in [0, 0.1) is 0 Å². The Morgan fingerprint density at radius 1 is 1.29 bits per heavy atom. The summed E-state index contributed by atoms with van der Waals surface area (Å²) in [7, 11) is 0. The molecule has 0 atom stereocenters. The average molecular weight is 306 g/mol. The van der Waals surface area contributed by atoms with Crippen LogP contribution < -0.4 is 5.32 Å². The van der Waals surface area contributed by atoms with Crippen molar-refractivity contribution in [3.63, 3.8) is 0 Å². The number of rotatable bonds is 6. The molecule has 0 saturated carbocycles. The maximum atomic E-state index is 5.89. The predicted octanol–water partition coefficient (Wildman–Crippen LogP) is 0.873. The van der Waals surface area contributed by atoms with Crippen molar-refractivity contribution in [1.82, 2.24) is 39.9 Å². The molecule has 0 radical (unpaired) electrons. The van der Waals surface area contributed by atoms with Gasteiger partial charge in [0.1, 0.15) is 12.2 Å². The van der Waals surface area contributed by atoms with E-state index in [1.807, 2.05) is 0 Å². The lowest BCUT2D eigenvalue weighted by Gasteiger charge is -2.06. The summed E-state index contributed by atoms with van der Waals surface area (Å²) < 4.78 is 1.52. The maximum absolute atomic E-state index is 5.89. The Kier molecular flexibility index (Phi) is 4.01. The van der Waals surface area contributed by atoms with Gasteiger partial charge in [0.2, 0.25) is 11.2 Å². The van der Waals surface area contributed by atoms with E-state index >= 15 is 0 Å². The zero-order valence-electron chi connectivity index (χ0n) is 10.9. The van der Waals surface area contributed by atoms with Crippen LogP contribution in [-0.4, -0.2) is 46.5 Å². The number of nitrogens with zero attached hydrogens (tertiary/aromatic N) is 7. The molecule has 0 saturated heterocycles. The summed E-state index contributed by atoms with van der Waals surface area (Å²) in [4.78, 5) is 16.4. The highest BCUT2D eigenvalue weighted by Gasteiger charge is 2.06. The molecule has 0 aliphatic heterocycles. The van der Waals surface area contributed by atoms with E-state index in [-0.39, 0.29) is 5.28 Å². The highest BCUT2D eigenvalue weighted by atomic mass is 35.5. The molecule has 10 heteroatoms. The minimum atomic E-state index is 0.119. The number of nitrogens with one attached hydrogen (secondary N) is 2. The molecular weight excluding hydrogens is 294 g/mol. The van der Waals surface area contributed by atoms with E-state index in [1.54, 1.807) is 18.5 Å². The molecule has 3 aromatic rings. The number of aromatic amines is 1. The second-order valence-corrected chi connectivity index (χ2v) is 4.48. The normalized spacial score (nSPS) is 10.7. The van der Waals surface area contributed by atoms with E-state index in [0.717, 1.165) is 18.7 Å². The number of halogens is 1. The van der Waals surface area contributed by atoms with Gasteiger partial charge < -0.3 is 5.32 Å². The summed E-state index contributed by atoms with van der Waals surface area (Å²) in [6.07, 6.45) is 6.51. The van der Waals surface area contributed by atoms with Crippen LogP contribution in [0.5, 0.6) is 0 Å². The first-order chi connectivity index (χ1) is 10.3. The van der Waals surface area contributed by atoms with Crippen molar-refractivity contribution >= 4 is 17.5 Å². The smallest absolute Gasteiger partial charge is 0.256 e. The third-order valence-electron chi connectivity index (χ3n) is 2.64. The zero-order valence-corrected chi connectivity index (χ0v) is 11.7. The Morgan fingerprint density at radius 3 is 3.00 bits per heavy atom. The van der Waals surface area contributed by atoms with Gasteiger partial charge in [-0.2, -0.15) is 25.1 Å². The van der Waals surface area contributed by atoms with Gasteiger partial charge in [-0.1, -0.05) is 0 Å². The third-order valence-corrected chi connectivity index (χ3v) is 2.81. The van der Waals surface area contributed by atoms with E-state index in [9.17, 15) is 0 Å². The Bertz CT molecular complexity index is 680. The van der Waals surface area contributed by atoms with Crippen molar-refractivity contribution < 1.29 is 0 Å². The lowest BCUT2D eigenvalue weighted by Crippen LogP contribution is -2.11. The first-order valence-electron chi connectivity index (χ1n) is 6.31. The van der Waals surface area contributed by atoms with Gasteiger partial charge in [-0.25, -0.2) is 9.67 Å². The number of H-pyrrole nitrogens is 1. The Morgan fingerprint density at radius 2 is 2.24 bits per heavy atom. The van der Waals surface area contributed by atoms with Crippen molar-refractivity contribution in [1.29, 1.82) is 0 Å². The zero-order chi connectivity index (χ0) is 14.5. The topological polar surface area (TPSA) is 110 Å².